The second kappa shape index (κ2) is 6.97. The first-order valence-corrected chi connectivity index (χ1v) is 10.3. The fraction of sp³-hybridized carbons (Fsp3) is 0.600. The van der Waals surface area contributed by atoms with Crippen LogP contribution < -0.4 is 0 Å². The Morgan fingerprint density at radius 3 is 2.85 bits per heavy atom. The highest BCUT2D eigenvalue weighted by atomic mass is 79.9. The van der Waals surface area contributed by atoms with E-state index < -0.39 is 11.8 Å². The van der Waals surface area contributed by atoms with Crippen molar-refractivity contribution in [2.45, 2.75) is 57.5 Å². The van der Waals surface area contributed by atoms with E-state index in [2.05, 4.69) is 22.9 Å². The molecule has 4 rings (SSSR count). The number of piperidine rings is 2. The summed E-state index contributed by atoms with van der Waals surface area (Å²) in [6.45, 7) is 3.01. The van der Waals surface area contributed by atoms with Crippen LogP contribution in [0.25, 0.3) is 0 Å². The Morgan fingerprint density at radius 1 is 1.35 bits per heavy atom. The maximum absolute atomic E-state index is 13.1. The van der Waals surface area contributed by atoms with Crippen LogP contribution in [-0.2, 0) is 25.7 Å². The van der Waals surface area contributed by atoms with Crippen molar-refractivity contribution in [2.24, 2.45) is 11.8 Å². The molecule has 4 atom stereocenters. The molecule has 0 N–H and O–H groups in total. The molecule has 26 heavy (non-hydrogen) atoms. The molecule has 0 aliphatic carbocycles. The predicted molar refractivity (Wildman–Crippen MR) is 99.0 cm³/mol. The van der Waals surface area contributed by atoms with Gasteiger partial charge in [-0.25, -0.2) is 0 Å². The molecule has 5 nitrogen and oxygen atoms in total. The summed E-state index contributed by atoms with van der Waals surface area (Å²) < 4.78 is 12.9. The van der Waals surface area contributed by atoms with Crippen LogP contribution in [0, 0.1) is 11.8 Å². The van der Waals surface area contributed by atoms with Gasteiger partial charge in [0.25, 0.3) is 5.91 Å². The molecule has 2 bridgehead atoms. The number of benzene rings is 1. The normalized spacial score (nSPS) is 32.6. The first-order chi connectivity index (χ1) is 12.6. The lowest BCUT2D eigenvalue weighted by Crippen LogP contribution is -2.60. The molecule has 0 aromatic heterocycles. The quantitative estimate of drug-likeness (QED) is 0.680. The zero-order chi connectivity index (χ0) is 18.3. The van der Waals surface area contributed by atoms with Gasteiger partial charge in [-0.15, -0.1) is 0 Å². The van der Waals surface area contributed by atoms with Crippen LogP contribution in [0.1, 0.15) is 44.6 Å². The number of carbonyl (C=O) groups is 2. The molecule has 3 heterocycles. The molecule has 1 aromatic rings. The molecule has 6 heteroatoms. The summed E-state index contributed by atoms with van der Waals surface area (Å²) in [5.74, 6) is -0.603. The zero-order valence-electron chi connectivity index (χ0n) is 14.9. The smallest absolute Gasteiger partial charge is 0.314 e. The fourth-order valence-electron chi connectivity index (χ4n) is 4.83. The Bertz CT molecular complexity index is 706. The highest BCUT2D eigenvalue weighted by molar-refractivity contribution is 9.10. The van der Waals surface area contributed by atoms with Crippen LogP contribution in [0.2, 0.25) is 0 Å². The van der Waals surface area contributed by atoms with Crippen molar-refractivity contribution in [1.29, 1.82) is 0 Å². The molecule has 1 spiro atoms. The number of esters is 1. The molecule has 3 saturated heterocycles. The van der Waals surface area contributed by atoms with Gasteiger partial charge in [-0.05, 0) is 43.4 Å². The van der Waals surface area contributed by atoms with Crippen LogP contribution in [0.15, 0.2) is 28.7 Å². The minimum atomic E-state index is -0.767. The molecule has 1 amide bonds. The minimum absolute atomic E-state index is 0.0695. The lowest BCUT2D eigenvalue weighted by Gasteiger charge is -2.45. The molecule has 3 aliphatic heterocycles. The first-order valence-electron chi connectivity index (χ1n) is 9.47. The van der Waals surface area contributed by atoms with Gasteiger partial charge >= 0.3 is 5.97 Å². The third-order valence-corrected chi connectivity index (χ3v) is 6.47. The number of carbonyl (C=O) groups excluding carboxylic acids is 2. The average Bonchev–Trinajstić information content (AvgIpc) is 3.11. The van der Waals surface area contributed by atoms with Crippen LogP contribution in [0.4, 0.5) is 0 Å². The second-order valence-corrected chi connectivity index (χ2v) is 8.41. The van der Waals surface area contributed by atoms with Gasteiger partial charge < -0.3 is 14.4 Å². The number of hydrogen-bond donors (Lipinski definition) is 0. The monoisotopic (exact) mass is 421 g/mol. The highest BCUT2D eigenvalue weighted by Gasteiger charge is 2.70. The summed E-state index contributed by atoms with van der Waals surface area (Å²) in [6.07, 6.45) is 3.94. The van der Waals surface area contributed by atoms with E-state index in [1.807, 2.05) is 29.2 Å². The molecule has 0 saturated carbocycles. The van der Waals surface area contributed by atoms with Crippen molar-refractivity contribution in [1.82, 2.24) is 4.90 Å². The lowest BCUT2D eigenvalue weighted by atomic mass is 9.74. The summed E-state index contributed by atoms with van der Waals surface area (Å²) in [5, 5.41) is 0. The SMILES string of the molecule is CCC[C@@H]1[C@H]2O[C@@]3(CCCCN3C2=O)[C@H]1C(=O)OCc1ccc(Br)cc1. The maximum Gasteiger partial charge on any atom is 0.314 e. The van der Waals surface area contributed by atoms with E-state index in [4.69, 9.17) is 9.47 Å². The minimum Gasteiger partial charge on any atom is -0.460 e. The van der Waals surface area contributed by atoms with Gasteiger partial charge in [0.2, 0.25) is 0 Å². The van der Waals surface area contributed by atoms with Crippen molar-refractivity contribution in [3.63, 3.8) is 0 Å². The Labute approximate surface area is 162 Å². The van der Waals surface area contributed by atoms with Gasteiger partial charge in [-0.2, -0.15) is 0 Å². The van der Waals surface area contributed by atoms with E-state index in [0.717, 1.165) is 42.1 Å². The number of amides is 1. The van der Waals surface area contributed by atoms with E-state index in [1.165, 1.54) is 0 Å². The summed E-state index contributed by atoms with van der Waals surface area (Å²) in [7, 11) is 0. The van der Waals surface area contributed by atoms with Crippen LogP contribution in [-0.4, -0.2) is 35.2 Å². The van der Waals surface area contributed by atoms with E-state index in [1.54, 1.807) is 0 Å². The van der Waals surface area contributed by atoms with Gasteiger partial charge in [-0.1, -0.05) is 41.4 Å². The van der Waals surface area contributed by atoms with E-state index in [9.17, 15) is 9.59 Å². The van der Waals surface area contributed by atoms with Gasteiger partial charge in [0.1, 0.15) is 18.6 Å². The number of rotatable bonds is 5. The van der Waals surface area contributed by atoms with Gasteiger partial charge in [-0.3, -0.25) is 9.59 Å². The summed E-state index contributed by atoms with van der Waals surface area (Å²) in [5.41, 5.74) is 0.183. The molecular formula is C20H24BrNO4. The molecule has 3 aliphatic rings. The van der Waals surface area contributed by atoms with Gasteiger partial charge in [0.05, 0.1) is 0 Å². The van der Waals surface area contributed by atoms with E-state index in [-0.39, 0.29) is 30.3 Å². The zero-order valence-corrected chi connectivity index (χ0v) is 16.5. The maximum atomic E-state index is 13.1. The molecular weight excluding hydrogens is 398 g/mol. The van der Waals surface area contributed by atoms with Gasteiger partial charge in [0.15, 0.2) is 5.72 Å². The lowest BCUT2D eigenvalue weighted by molar-refractivity contribution is -0.175. The predicted octanol–water partition coefficient (Wildman–Crippen LogP) is 3.65. The van der Waals surface area contributed by atoms with E-state index in [0.29, 0.717) is 6.54 Å². The Morgan fingerprint density at radius 2 is 2.12 bits per heavy atom. The first kappa shape index (κ1) is 18.0. The van der Waals surface area contributed by atoms with Crippen molar-refractivity contribution in [3.8, 4) is 0 Å². The number of fused-ring (bicyclic) bond motifs is 1. The van der Waals surface area contributed by atoms with Crippen LogP contribution >= 0.6 is 15.9 Å². The highest BCUT2D eigenvalue weighted by Crippen LogP contribution is 2.55. The largest absolute Gasteiger partial charge is 0.460 e. The van der Waals surface area contributed by atoms with Gasteiger partial charge in [0, 0.05) is 16.9 Å². The molecule has 0 unspecified atom stereocenters. The summed E-state index contributed by atoms with van der Waals surface area (Å²) in [6, 6.07) is 7.74. The van der Waals surface area contributed by atoms with Crippen molar-refractivity contribution >= 4 is 27.8 Å². The molecule has 1 aromatic carbocycles. The van der Waals surface area contributed by atoms with Crippen molar-refractivity contribution in [3.05, 3.63) is 34.3 Å². The van der Waals surface area contributed by atoms with Crippen LogP contribution in [0.5, 0.6) is 0 Å². The van der Waals surface area contributed by atoms with E-state index >= 15 is 0 Å². The molecule has 140 valence electrons. The number of ether oxygens (including phenoxy) is 2. The number of nitrogens with zero attached hydrogens (tertiary/aromatic N) is 1. The van der Waals surface area contributed by atoms with Crippen LogP contribution in [0.3, 0.4) is 0 Å². The summed E-state index contributed by atoms with van der Waals surface area (Å²) >= 11 is 3.41. The third-order valence-electron chi connectivity index (χ3n) is 5.94. The number of hydrogen-bond acceptors (Lipinski definition) is 4. The fourth-order valence-corrected chi connectivity index (χ4v) is 5.09. The molecule has 3 fully saturated rings. The molecule has 0 radical (unpaired) electrons. The third kappa shape index (κ3) is 2.78. The van der Waals surface area contributed by atoms with Crippen molar-refractivity contribution < 1.29 is 19.1 Å². The van der Waals surface area contributed by atoms with Crippen molar-refractivity contribution in [2.75, 3.05) is 6.54 Å². The number of halogens is 1. The second-order valence-electron chi connectivity index (χ2n) is 7.49. The topological polar surface area (TPSA) is 55.8 Å². The Hall–Kier alpha value is -1.40. The Balaban J connectivity index is 1.55. The average molecular weight is 422 g/mol. The summed E-state index contributed by atoms with van der Waals surface area (Å²) in [4.78, 5) is 27.6. The Kier molecular flexibility index (Phi) is 4.82. The standard InChI is InChI=1S/C20H24BrNO4/c1-2-5-15-16(19(24)25-12-13-6-8-14(21)9-7-13)20-10-3-4-11-22(20)18(23)17(15)26-20/h6-9,15-17H,2-5,10-12H2,1H3/t15-,16+,17+,20-/m0/s1.